The predicted molar refractivity (Wildman–Crippen MR) is 53.6 cm³/mol. The maximum Gasteiger partial charge on any atom is 0.214 e. The summed E-state index contributed by atoms with van der Waals surface area (Å²) in [7, 11) is -1.88. The minimum atomic E-state index is -3.33. The van der Waals surface area contributed by atoms with Gasteiger partial charge in [0.05, 0.1) is 18.4 Å². The fraction of sp³-hybridized carbons (Fsp3) is 0.714. The van der Waals surface area contributed by atoms with E-state index < -0.39 is 16.1 Å². The normalized spacial score (nSPS) is 14.0. The van der Waals surface area contributed by atoms with Crippen LogP contribution in [-0.4, -0.2) is 43.1 Å². The molecule has 0 saturated heterocycles. The molecule has 1 unspecified atom stereocenters. The van der Waals surface area contributed by atoms with Gasteiger partial charge >= 0.3 is 0 Å². The molecule has 2 N–H and O–H groups in total. The number of nitrogens with zero attached hydrogens (tertiary/aromatic N) is 2. The van der Waals surface area contributed by atoms with Gasteiger partial charge < -0.3 is 4.74 Å². The van der Waals surface area contributed by atoms with Crippen LogP contribution in [0.4, 0.5) is 0 Å². The largest absolute Gasteiger partial charge is 0.384 e. The lowest BCUT2D eigenvalue weighted by Gasteiger charge is -2.10. The number of hydrogen-bond acceptors (Lipinski definition) is 5. The number of rotatable bonds is 6. The van der Waals surface area contributed by atoms with E-state index >= 15 is 0 Å². The Morgan fingerprint density at radius 3 is 2.93 bits per heavy atom. The van der Waals surface area contributed by atoms with Crippen molar-refractivity contribution in [3.63, 3.8) is 0 Å². The highest BCUT2D eigenvalue weighted by Crippen LogP contribution is 2.05. The Hall–Kier alpha value is -0.990. The third kappa shape index (κ3) is 3.94. The maximum absolute atomic E-state index is 11.4. The third-order valence-electron chi connectivity index (χ3n) is 1.76. The summed E-state index contributed by atoms with van der Waals surface area (Å²) < 4.78 is 30.0. The first-order valence-electron chi connectivity index (χ1n) is 4.39. The van der Waals surface area contributed by atoms with E-state index in [1.807, 2.05) is 0 Å². The van der Waals surface area contributed by atoms with E-state index in [2.05, 4.69) is 19.9 Å². The Labute approximate surface area is 88.3 Å². The lowest BCUT2D eigenvalue weighted by atomic mass is 10.3. The number of aromatic nitrogens is 3. The summed E-state index contributed by atoms with van der Waals surface area (Å²) in [5, 5.41) is 6.24. The van der Waals surface area contributed by atoms with Gasteiger partial charge in [-0.3, -0.25) is 5.10 Å². The number of H-pyrrole nitrogens is 1. The molecule has 0 aliphatic rings. The predicted octanol–water partition coefficient (Wildman–Crippen LogP) is -0.568. The zero-order valence-electron chi connectivity index (χ0n) is 8.60. The Balaban J connectivity index is 2.54. The van der Waals surface area contributed by atoms with Gasteiger partial charge in [-0.2, -0.15) is 5.10 Å². The summed E-state index contributed by atoms with van der Waals surface area (Å²) in [6, 6.07) is -0.422. The lowest BCUT2D eigenvalue weighted by Crippen LogP contribution is -2.31. The SMILES string of the molecule is COCCS(=O)(=O)NC(C)c1ncn[nH]1. The van der Waals surface area contributed by atoms with Crippen LogP contribution in [0.2, 0.25) is 0 Å². The number of ether oxygens (including phenoxy) is 1. The highest BCUT2D eigenvalue weighted by atomic mass is 32.2. The van der Waals surface area contributed by atoms with Crippen molar-refractivity contribution in [1.82, 2.24) is 19.9 Å². The van der Waals surface area contributed by atoms with Crippen LogP contribution in [0.15, 0.2) is 6.33 Å². The highest BCUT2D eigenvalue weighted by molar-refractivity contribution is 7.89. The molecule has 0 aliphatic heterocycles. The summed E-state index contributed by atoms with van der Waals surface area (Å²) in [5.74, 6) is 0.415. The smallest absolute Gasteiger partial charge is 0.214 e. The molecule has 0 spiro atoms. The summed E-state index contributed by atoms with van der Waals surface area (Å²) >= 11 is 0. The van der Waals surface area contributed by atoms with E-state index in [1.54, 1.807) is 6.92 Å². The summed E-state index contributed by atoms with van der Waals surface area (Å²) in [5.41, 5.74) is 0. The Kier molecular flexibility index (Phi) is 4.18. The van der Waals surface area contributed by atoms with Gasteiger partial charge in [-0.1, -0.05) is 0 Å². The quantitative estimate of drug-likeness (QED) is 0.687. The summed E-state index contributed by atoms with van der Waals surface area (Å²) in [4.78, 5) is 3.86. The Morgan fingerprint density at radius 1 is 1.67 bits per heavy atom. The van der Waals surface area contributed by atoms with Crippen molar-refractivity contribution in [3.8, 4) is 0 Å². The van der Waals surface area contributed by atoms with Crippen molar-refractivity contribution in [2.75, 3.05) is 19.5 Å². The van der Waals surface area contributed by atoms with Crippen LogP contribution >= 0.6 is 0 Å². The van der Waals surface area contributed by atoms with Crippen LogP contribution in [0.5, 0.6) is 0 Å². The molecule has 0 saturated carbocycles. The van der Waals surface area contributed by atoms with Crippen molar-refractivity contribution >= 4 is 10.0 Å². The first-order chi connectivity index (χ1) is 7.05. The van der Waals surface area contributed by atoms with E-state index in [1.165, 1.54) is 13.4 Å². The molecule has 0 bridgehead atoms. The second kappa shape index (κ2) is 5.19. The fourth-order valence-corrected chi connectivity index (χ4v) is 2.15. The van der Waals surface area contributed by atoms with Gasteiger partial charge in [-0.15, -0.1) is 0 Å². The average molecular weight is 234 g/mol. The first-order valence-corrected chi connectivity index (χ1v) is 6.04. The third-order valence-corrected chi connectivity index (χ3v) is 3.17. The molecular weight excluding hydrogens is 220 g/mol. The second-order valence-corrected chi connectivity index (χ2v) is 4.90. The van der Waals surface area contributed by atoms with Gasteiger partial charge in [0.1, 0.15) is 12.2 Å². The van der Waals surface area contributed by atoms with E-state index in [-0.39, 0.29) is 12.4 Å². The number of nitrogens with one attached hydrogen (secondary N) is 2. The molecule has 86 valence electrons. The van der Waals surface area contributed by atoms with Crippen LogP contribution in [0.25, 0.3) is 0 Å². The van der Waals surface area contributed by atoms with Crippen molar-refractivity contribution in [2.45, 2.75) is 13.0 Å². The molecule has 1 rings (SSSR count). The van der Waals surface area contributed by atoms with Crippen LogP contribution in [0.3, 0.4) is 0 Å². The summed E-state index contributed by atoms with van der Waals surface area (Å²) in [6.07, 6.45) is 1.33. The molecule has 1 atom stereocenters. The van der Waals surface area contributed by atoms with Gasteiger partial charge in [-0.05, 0) is 6.92 Å². The minimum absolute atomic E-state index is 0.0675. The molecule has 0 aliphatic carbocycles. The van der Waals surface area contributed by atoms with E-state index in [4.69, 9.17) is 4.74 Å². The molecule has 1 heterocycles. The molecular formula is C7H14N4O3S. The van der Waals surface area contributed by atoms with Crippen LogP contribution in [0, 0.1) is 0 Å². The topological polar surface area (TPSA) is 97.0 Å². The monoisotopic (exact) mass is 234 g/mol. The first kappa shape index (κ1) is 12.1. The number of aromatic amines is 1. The van der Waals surface area contributed by atoms with Crippen molar-refractivity contribution in [3.05, 3.63) is 12.2 Å². The summed E-state index contributed by atoms with van der Waals surface area (Å²) in [6.45, 7) is 1.85. The van der Waals surface area contributed by atoms with E-state index in [0.29, 0.717) is 5.82 Å². The number of sulfonamides is 1. The molecule has 0 aromatic carbocycles. The van der Waals surface area contributed by atoms with Gasteiger partial charge in [0.2, 0.25) is 10.0 Å². The highest BCUT2D eigenvalue weighted by Gasteiger charge is 2.16. The number of methoxy groups -OCH3 is 1. The van der Waals surface area contributed by atoms with Crippen LogP contribution in [0.1, 0.15) is 18.8 Å². The minimum Gasteiger partial charge on any atom is -0.384 e. The van der Waals surface area contributed by atoms with Crippen molar-refractivity contribution in [2.24, 2.45) is 0 Å². The van der Waals surface area contributed by atoms with Crippen LogP contribution < -0.4 is 4.72 Å². The van der Waals surface area contributed by atoms with E-state index in [9.17, 15) is 8.42 Å². The standard InChI is InChI=1S/C7H14N4O3S/c1-6(7-8-5-9-10-7)11-15(12,13)4-3-14-2/h5-6,11H,3-4H2,1-2H3,(H,8,9,10). The van der Waals surface area contributed by atoms with Gasteiger partial charge in [-0.25, -0.2) is 18.1 Å². The molecule has 0 amide bonds. The Bertz CT molecular complexity index is 375. The fourth-order valence-electron chi connectivity index (χ4n) is 1.00. The van der Waals surface area contributed by atoms with Crippen molar-refractivity contribution < 1.29 is 13.2 Å². The molecule has 15 heavy (non-hydrogen) atoms. The van der Waals surface area contributed by atoms with Crippen LogP contribution in [-0.2, 0) is 14.8 Å². The lowest BCUT2D eigenvalue weighted by molar-refractivity contribution is 0.216. The zero-order valence-corrected chi connectivity index (χ0v) is 9.41. The molecule has 1 aromatic rings. The molecule has 0 fully saturated rings. The molecule has 0 radical (unpaired) electrons. The second-order valence-electron chi connectivity index (χ2n) is 3.02. The van der Waals surface area contributed by atoms with Gasteiger partial charge in [0, 0.05) is 7.11 Å². The zero-order chi connectivity index (χ0) is 11.3. The average Bonchev–Trinajstić information content (AvgIpc) is 2.67. The molecule has 1 aromatic heterocycles. The van der Waals surface area contributed by atoms with Gasteiger partial charge in [0.25, 0.3) is 0 Å². The number of hydrogen-bond donors (Lipinski definition) is 2. The molecule has 7 nitrogen and oxygen atoms in total. The van der Waals surface area contributed by atoms with Gasteiger partial charge in [0.15, 0.2) is 0 Å². The van der Waals surface area contributed by atoms with Crippen molar-refractivity contribution in [1.29, 1.82) is 0 Å². The Morgan fingerprint density at radius 2 is 2.40 bits per heavy atom. The molecule has 8 heteroatoms. The van der Waals surface area contributed by atoms with E-state index in [0.717, 1.165) is 0 Å². The maximum atomic E-state index is 11.4.